The van der Waals surface area contributed by atoms with Crippen LogP contribution in [0.4, 0.5) is 5.00 Å². The van der Waals surface area contributed by atoms with Gasteiger partial charge >= 0.3 is 11.9 Å². The SMILES string of the molecule is CCOC(=O)c1c(NC(=O)CCc2ccccc2)sc(C(=O)OC(C)(C)C)c1C. The normalized spacial score (nSPS) is 11.1. The molecule has 156 valence electrons. The summed E-state index contributed by atoms with van der Waals surface area (Å²) in [7, 11) is 0. The van der Waals surface area contributed by atoms with Gasteiger partial charge in [0.15, 0.2) is 0 Å². The van der Waals surface area contributed by atoms with E-state index in [0.29, 0.717) is 17.0 Å². The number of amides is 1. The monoisotopic (exact) mass is 417 g/mol. The van der Waals surface area contributed by atoms with Crippen LogP contribution < -0.4 is 5.32 Å². The highest BCUT2D eigenvalue weighted by Crippen LogP contribution is 2.35. The molecule has 1 aromatic carbocycles. The molecular formula is C22H27NO5S. The summed E-state index contributed by atoms with van der Waals surface area (Å²) < 4.78 is 10.5. The fourth-order valence-electron chi connectivity index (χ4n) is 2.66. The predicted molar refractivity (Wildman–Crippen MR) is 114 cm³/mol. The van der Waals surface area contributed by atoms with Gasteiger partial charge in [0, 0.05) is 6.42 Å². The van der Waals surface area contributed by atoms with Gasteiger partial charge in [-0.2, -0.15) is 0 Å². The maximum atomic E-state index is 12.5. The molecule has 0 fully saturated rings. The molecule has 29 heavy (non-hydrogen) atoms. The fraction of sp³-hybridized carbons (Fsp3) is 0.409. The lowest BCUT2D eigenvalue weighted by molar-refractivity contribution is -0.116. The van der Waals surface area contributed by atoms with Crippen LogP contribution in [0.5, 0.6) is 0 Å². The van der Waals surface area contributed by atoms with Gasteiger partial charge in [-0.25, -0.2) is 9.59 Å². The number of thiophene rings is 1. The molecule has 1 N–H and O–H groups in total. The van der Waals surface area contributed by atoms with E-state index in [1.807, 2.05) is 30.3 Å². The number of benzene rings is 1. The Morgan fingerprint density at radius 1 is 1.07 bits per heavy atom. The number of hydrogen-bond acceptors (Lipinski definition) is 6. The molecule has 1 heterocycles. The van der Waals surface area contributed by atoms with Crippen LogP contribution >= 0.6 is 11.3 Å². The van der Waals surface area contributed by atoms with Crippen LogP contribution in [0.15, 0.2) is 30.3 Å². The Morgan fingerprint density at radius 2 is 1.72 bits per heavy atom. The number of esters is 2. The number of rotatable bonds is 7. The minimum absolute atomic E-state index is 0.192. The third-order valence-corrected chi connectivity index (χ3v) is 5.13. The lowest BCUT2D eigenvalue weighted by Crippen LogP contribution is -2.23. The van der Waals surface area contributed by atoms with Crippen LogP contribution in [-0.4, -0.2) is 30.1 Å². The van der Waals surface area contributed by atoms with Crippen LogP contribution in [0.2, 0.25) is 0 Å². The highest BCUT2D eigenvalue weighted by molar-refractivity contribution is 7.18. The van der Waals surface area contributed by atoms with Crippen molar-refractivity contribution < 1.29 is 23.9 Å². The maximum absolute atomic E-state index is 12.5. The summed E-state index contributed by atoms with van der Waals surface area (Å²) in [5, 5.41) is 3.08. The average molecular weight is 418 g/mol. The van der Waals surface area contributed by atoms with E-state index in [-0.39, 0.29) is 29.4 Å². The Bertz CT molecular complexity index is 881. The minimum atomic E-state index is -0.670. The Balaban J connectivity index is 2.24. The third-order valence-electron chi connectivity index (χ3n) is 3.95. The maximum Gasteiger partial charge on any atom is 0.349 e. The van der Waals surface area contributed by atoms with E-state index in [2.05, 4.69) is 5.32 Å². The molecule has 0 spiro atoms. The summed E-state index contributed by atoms with van der Waals surface area (Å²) in [6.45, 7) is 8.86. The number of ether oxygens (including phenoxy) is 2. The predicted octanol–water partition coefficient (Wildman–Crippen LogP) is 4.76. The average Bonchev–Trinajstić information content (AvgIpc) is 2.96. The van der Waals surface area contributed by atoms with Crippen molar-refractivity contribution in [3.05, 3.63) is 51.9 Å². The number of carbonyl (C=O) groups is 3. The van der Waals surface area contributed by atoms with Crippen LogP contribution in [-0.2, 0) is 20.7 Å². The summed E-state index contributed by atoms with van der Waals surface area (Å²) in [6.07, 6.45) is 0.829. The molecular weight excluding hydrogens is 390 g/mol. The second-order valence-electron chi connectivity index (χ2n) is 7.52. The molecule has 0 unspecified atom stereocenters. The van der Waals surface area contributed by atoms with E-state index < -0.39 is 17.5 Å². The van der Waals surface area contributed by atoms with Gasteiger partial charge in [0.25, 0.3) is 0 Å². The van der Waals surface area contributed by atoms with E-state index in [1.165, 1.54) is 0 Å². The lowest BCUT2D eigenvalue weighted by atomic mass is 10.1. The number of nitrogens with one attached hydrogen (secondary N) is 1. The Kier molecular flexibility index (Phi) is 7.56. The van der Waals surface area contributed by atoms with Crippen molar-refractivity contribution >= 4 is 34.2 Å². The van der Waals surface area contributed by atoms with Crippen molar-refractivity contribution in [1.29, 1.82) is 0 Å². The molecule has 0 aliphatic rings. The summed E-state index contributed by atoms with van der Waals surface area (Å²) in [5.41, 5.74) is 1.02. The van der Waals surface area contributed by atoms with Crippen molar-refractivity contribution in [1.82, 2.24) is 0 Å². The van der Waals surface area contributed by atoms with Crippen molar-refractivity contribution in [3.63, 3.8) is 0 Å². The lowest BCUT2D eigenvalue weighted by Gasteiger charge is -2.19. The van der Waals surface area contributed by atoms with Gasteiger partial charge < -0.3 is 14.8 Å². The Hall–Kier alpha value is -2.67. The zero-order chi connectivity index (χ0) is 21.6. The largest absolute Gasteiger partial charge is 0.462 e. The third kappa shape index (κ3) is 6.42. The second-order valence-corrected chi connectivity index (χ2v) is 8.54. The zero-order valence-electron chi connectivity index (χ0n) is 17.5. The standard InChI is InChI=1S/C22H27NO5S/c1-6-27-20(25)17-14(2)18(21(26)28-22(3,4)5)29-19(17)23-16(24)13-12-15-10-8-7-9-11-15/h7-11H,6,12-13H2,1-5H3,(H,23,24). The van der Waals surface area contributed by atoms with Gasteiger partial charge in [-0.1, -0.05) is 30.3 Å². The molecule has 0 saturated carbocycles. The molecule has 1 aromatic heterocycles. The van der Waals surface area contributed by atoms with E-state index in [1.54, 1.807) is 34.6 Å². The van der Waals surface area contributed by atoms with Crippen LogP contribution in [0.1, 0.15) is 65.3 Å². The highest BCUT2D eigenvalue weighted by atomic mass is 32.1. The molecule has 0 radical (unpaired) electrons. The molecule has 2 aromatic rings. The molecule has 0 aliphatic carbocycles. The number of anilines is 1. The quantitative estimate of drug-likeness (QED) is 0.657. The van der Waals surface area contributed by atoms with Crippen molar-refractivity contribution in [2.24, 2.45) is 0 Å². The highest BCUT2D eigenvalue weighted by Gasteiger charge is 2.29. The zero-order valence-corrected chi connectivity index (χ0v) is 18.3. The molecule has 6 nitrogen and oxygen atoms in total. The first-order valence-corrected chi connectivity index (χ1v) is 10.3. The minimum Gasteiger partial charge on any atom is -0.462 e. The number of carbonyl (C=O) groups excluding carboxylic acids is 3. The summed E-state index contributed by atoms with van der Waals surface area (Å²) >= 11 is 1.03. The number of hydrogen-bond donors (Lipinski definition) is 1. The first-order valence-electron chi connectivity index (χ1n) is 9.50. The van der Waals surface area contributed by atoms with Gasteiger partial charge in [0.1, 0.15) is 15.5 Å². The molecule has 0 aliphatic heterocycles. The van der Waals surface area contributed by atoms with Gasteiger partial charge in [-0.05, 0) is 52.2 Å². The van der Waals surface area contributed by atoms with Gasteiger partial charge in [0.05, 0.1) is 12.2 Å². The first-order chi connectivity index (χ1) is 13.6. The van der Waals surface area contributed by atoms with Crippen LogP contribution in [0.25, 0.3) is 0 Å². The molecule has 1 amide bonds. The Labute approximate surface area is 175 Å². The van der Waals surface area contributed by atoms with Crippen molar-refractivity contribution in [2.75, 3.05) is 11.9 Å². The molecule has 7 heteroatoms. The summed E-state index contributed by atoms with van der Waals surface area (Å²) in [6, 6.07) is 9.66. The van der Waals surface area contributed by atoms with Gasteiger partial charge in [-0.3, -0.25) is 4.79 Å². The molecule has 2 rings (SSSR count). The first kappa shape index (κ1) is 22.6. The van der Waals surface area contributed by atoms with Crippen LogP contribution in [0, 0.1) is 6.92 Å². The Morgan fingerprint density at radius 3 is 2.31 bits per heavy atom. The van der Waals surface area contributed by atoms with E-state index in [9.17, 15) is 14.4 Å². The smallest absolute Gasteiger partial charge is 0.349 e. The molecule has 0 bridgehead atoms. The molecule has 0 atom stereocenters. The van der Waals surface area contributed by atoms with E-state index in [4.69, 9.17) is 9.47 Å². The fourth-order valence-corrected chi connectivity index (χ4v) is 3.75. The van der Waals surface area contributed by atoms with E-state index >= 15 is 0 Å². The molecule has 0 saturated heterocycles. The van der Waals surface area contributed by atoms with Gasteiger partial charge in [-0.15, -0.1) is 11.3 Å². The second kappa shape index (κ2) is 9.69. The van der Waals surface area contributed by atoms with Gasteiger partial charge in [0.2, 0.25) is 5.91 Å². The number of aryl methyl sites for hydroxylation is 1. The van der Waals surface area contributed by atoms with Crippen molar-refractivity contribution in [3.8, 4) is 0 Å². The van der Waals surface area contributed by atoms with Crippen LogP contribution in [0.3, 0.4) is 0 Å². The topological polar surface area (TPSA) is 81.7 Å². The van der Waals surface area contributed by atoms with E-state index in [0.717, 1.165) is 16.9 Å². The summed E-state index contributed by atoms with van der Waals surface area (Å²) in [4.78, 5) is 37.7. The summed E-state index contributed by atoms with van der Waals surface area (Å²) in [5.74, 6) is -1.35. The van der Waals surface area contributed by atoms with Crippen molar-refractivity contribution in [2.45, 2.75) is 53.1 Å².